The van der Waals surface area contributed by atoms with Gasteiger partial charge < -0.3 is 19.3 Å². The lowest BCUT2D eigenvalue weighted by atomic mass is 10.0. The largest absolute Gasteiger partial charge is 0.393 e. The summed E-state index contributed by atoms with van der Waals surface area (Å²) in [5, 5.41) is 10.0. The molecule has 1 aliphatic rings. The van der Waals surface area contributed by atoms with Gasteiger partial charge in [-0.2, -0.15) is 0 Å². The van der Waals surface area contributed by atoms with Crippen LogP contribution in [0, 0.1) is 0 Å². The number of aliphatic hydroxyl groups is 1. The van der Waals surface area contributed by atoms with Crippen LogP contribution < -0.4 is 0 Å². The Morgan fingerprint density at radius 3 is 2.50 bits per heavy atom. The van der Waals surface area contributed by atoms with Crippen LogP contribution in [0.2, 0.25) is 0 Å². The van der Waals surface area contributed by atoms with Crippen LogP contribution in [-0.4, -0.2) is 42.9 Å². The summed E-state index contributed by atoms with van der Waals surface area (Å²) >= 11 is 2.21. The molecule has 0 aromatic rings. The third kappa shape index (κ3) is 8.94. The summed E-state index contributed by atoms with van der Waals surface area (Å²) in [5.74, 6) is 0. The zero-order valence-corrected chi connectivity index (χ0v) is 17.3. The van der Waals surface area contributed by atoms with E-state index in [1.165, 1.54) is 0 Å². The number of aliphatic hydroxyl groups excluding tert-OH is 1. The molecule has 0 unspecified atom stereocenters. The lowest BCUT2D eigenvalue weighted by Gasteiger charge is -2.19. The van der Waals surface area contributed by atoms with Crippen LogP contribution >= 0.6 is 22.6 Å². The van der Waals surface area contributed by atoms with Crippen LogP contribution in [0.15, 0.2) is 22.3 Å². The average molecular weight is 452 g/mol. The minimum Gasteiger partial charge on any atom is -0.393 e. The van der Waals surface area contributed by atoms with Gasteiger partial charge in [0.2, 0.25) is 0 Å². The van der Waals surface area contributed by atoms with Crippen molar-refractivity contribution < 1.29 is 19.3 Å². The minimum atomic E-state index is -0.285. The monoisotopic (exact) mass is 452 g/mol. The van der Waals surface area contributed by atoms with Gasteiger partial charge in [-0.05, 0) is 84.1 Å². The fourth-order valence-electron chi connectivity index (χ4n) is 2.96. The van der Waals surface area contributed by atoms with Crippen molar-refractivity contribution in [2.45, 2.75) is 83.4 Å². The van der Waals surface area contributed by atoms with Crippen molar-refractivity contribution in [3.05, 3.63) is 22.3 Å². The van der Waals surface area contributed by atoms with Crippen LogP contribution in [0.25, 0.3) is 0 Å². The number of hydrogen-bond donors (Lipinski definition) is 1. The second-order valence-corrected chi connectivity index (χ2v) is 7.84. The Labute approximate surface area is 160 Å². The fraction of sp³-hybridized carbons (Fsp3) is 0.789. The topological polar surface area (TPSA) is 47.9 Å². The summed E-state index contributed by atoms with van der Waals surface area (Å²) in [6.45, 7) is 13.3. The first-order valence-corrected chi connectivity index (χ1v) is 10.1. The van der Waals surface area contributed by atoms with Gasteiger partial charge in [-0.25, -0.2) is 0 Å². The molecule has 5 heteroatoms. The van der Waals surface area contributed by atoms with Crippen molar-refractivity contribution in [3.8, 4) is 0 Å². The molecule has 0 radical (unpaired) electrons. The van der Waals surface area contributed by atoms with Crippen molar-refractivity contribution in [2.24, 2.45) is 0 Å². The van der Waals surface area contributed by atoms with E-state index in [9.17, 15) is 5.11 Å². The van der Waals surface area contributed by atoms with E-state index >= 15 is 0 Å². The normalized spacial score (nSPS) is 22.3. The van der Waals surface area contributed by atoms with Gasteiger partial charge >= 0.3 is 0 Å². The first-order chi connectivity index (χ1) is 11.5. The SMILES string of the molecule is C=C(I)CC[C@H](O)CC[C@@H]1O[C@@H](CCC(OCC)OCC)CC1=C. The Hall–Kier alpha value is 0.0500. The van der Waals surface area contributed by atoms with Gasteiger partial charge in [0, 0.05) is 19.6 Å². The van der Waals surface area contributed by atoms with Gasteiger partial charge in [-0.1, -0.05) is 13.2 Å². The van der Waals surface area contributed by atoms with E-state index in [1.54, 1.807) is 0 Å². The summed E-state index contributed by atoms with van der Waals surface area (Å²) in [4.78, 5) is 0. The Balaban J connectivity index is 2.28. The van der Waals surface area contributed by atoms with E-state index in [0.717, 1.165) is 54.1 Å². The number of hydrogen-bond acceptors (Lipinski definition) is 4. The minimum absolute atomic E-state index is 0.0742. The van der Waals surface area contributed by atoms with E-state index < -0.39 is 0 Å². The predicted octanol–water partition coefficient (Wildman–Crippen LogP) is 4.75. The Morgan fingerprint density at radius 2 is 1.92 bits per heavy atom. The molecule has 1 rings (SSSR count). The molecule has 4 nitrogen and oxygen atoms in total. The molecule has 0 aromatic carbocycles. The molecule has 0 amide bonds. The van der Waals surface area contributed by atoms with Crippen molar-refractivity contribution in [3.63, 3.8) is 0 Å². The van der Waals surface area contributed by atoms with Gasteiger partial charge in [-0.15, -0.1) is 0 Å². The maximum absolute atomic E-state index is 10.0. The lowest BCUT2D eigenvalue weighted by Crippen LogP contribution is -2.20. The molecule has 0 saturated carbocycles. The van der Waals surface area contributed by atoms with Crippen LogP contribution in [0.1, 0.15) is 58.8 Å². The summed E-state index contributed by atoms with van der Waals surface area (Å²) in [5.41, 5.74) is 1.15. The fourth-order valence-corrected chi connectivity index (χ4v) is 3.27. The van der Waals surface area contributed by atoms with Crippen molar-refractivity contribution >= 4 is 22.6 Å². The second kappa shape index (κ2) is 12.4. The van der Waals surface area contributed by atoms with E-state index in [-0.39, 0.29) is 24.6 Å². The van der Waals surface area contributed by atoms with Gasteiger partial charge in [-0.3, -0.25) is 0 Å². The molecular formula is C19H33IO4. The maximum Gasteiger partial charge on any atom is 0.157 e. The zero-order valence-electron chi connectivity index (χ0n) is 15.1. The maximum atomic E-state index is 10.0. The summed E-state index contributed by atoms with van der Waals surface area (Å²) in [6, 6.07) is 0. The van der Waals surface area contributed by atoms with Crippen LogP contribution in [-0.2, 0) is 14.2 Å². The molecule has 24 heavy (non-hydrogen) atoms. The number of rotatable bonds is 13. The molecule has 3 atom stereocenters. The van der Waals surface area contributed by atoms with Crippen LogP contribution in [0.4, 0.5) is 0 Å². The first kappa shape index (κ1) is 22.1. The smallest absolute Gasteiger partial charge is 0.157 e. The second-order valence-electron chi connectivity index (χ2n) is 6.31. The summed E-state index contributed by atoms with van der Waals surface area (Å²) < 4.78 is 18.4. The third-order valence-corrected chi connectivity index (χ3v) is 4.78. The lowest BCUT2D eigenvalue weighted by molar-refractivity contribution is -0.144. The van der Waals surface area contributed by atoms with Crippen molar-refractivity contribution in [1.29, 1.82) is 0 Å². The summed E-state index contributed by atoms with van der Waals surface area (Å²) in [7, 11) is 0. The molecule has 140 valence electrons. The number of allylic oxidation sites excluding steroid dienone is 1. The third-order valence-electron chi connectivity index (χ3n) is 4.24. The van der Waals surface area contributed by atoms with Gasteiger partial charge in [0.05, 0.1) is 18.3 Å². The molecule has 1 N–H and O–H groups in total. The van der Waals surface area contributed by atoms with Crippen LogP contribution in [0.5, 0.6) is 0 Å². The van der Waals surface area contributed by atoms with Crippen molar-refractivity contribution in [1.82, 2.24) is 0 Å². The Kier molecular flexibility index (Phi) is 11.4. The number of halogens is 1. The van der Waals surface area contributed by atoms with Gasteiger partial charge in [0.1, 0.15) is 0 Å². The molecule has 1 saturated heterocycles. The zero-order chi connectivity index (χ0) is 17.9. The highest BCUT2D eigenvalue weighted by molar-refractivity contribution is 14.1. The molecule has 0 aliphatic carbocycles. The molecular weight excluding hydrogens is 419 g/mol. The average Bonchev–Trinajstić information content (AvgIpc) is 2.89. The van der Waals surface area contributed by atoms with Crippen molar-refractivity contribution in [2.75, 3.05) is 13.2 Å². The highest BCUT2D eigenvalue weighted by atomic mass is 127. The van der Waals surface area contributed by atoms with Crippen LogP contribution in [0.3, 0.4) is 0 Å². The van der Waals surface area contributed by atoms with E-state index in [0.29, 0.717) is 13.2 Å². The van der Waals surface area contributed by atoms with E-state index in [1.807, 2.05) is 13.8 Å². The summed E-state index contributed by atoms with van der Waals surface area (Å²) in [6.07, 6.45) is 5.72. The quantitative estimate of drug-likeness (QED) is 0.249. The molecule has 1 fully saturated rings. The molecule has 1 aliphatic heterocycles. The van der Waals surface area contributed by atoms with Gasteiger partial charge in [0.25, 0.3) is 0 Å². The van der Waals surface area contributed by atoms with Gasteiger partial charge in [0.15, 0.2) is 6.29 Å². The molecule has 0 aromatic heterocycles. The number of ether oxygens (including phenoxy) is 3. The predicted molar refractivity (Wildman–Crippen MR) is 106 cm³/mol. The highest BCUT2D eigenvalue weighted by Crippen LogP contribution is 2.31. The van der Waals surface area contributed by atoms with E-state index in [4.69, 9.17) is 14.2 Å². The van der Waals surface area contributed by atoms with E-state index in [2.05, 4.69) is 35.7 Å². The molecule has 1 heterocycles. The highest BCUT2D eigenvalue weighted by Gasteiger charge is 2.29. The Morgan fingerprint density at radius 1 is 1.25 bits per heavy atom. The first-order valence-electron chi connectivity index (χ1n) is 9.03. The molecule has 0 bridgehead atoms. The molecule has 0 spiro atoms. The Bertz CT molecular complexity index is 380. The standard InChI is InChI=1S/C19H33IO4/c1-5-22-19(23-6-2)12-10-17-13-14(3)18(24-17)11-9-16(21)8-7-15(4)20/h16-19,21H,3-13H2,1-2H3/t16-,17-,18-/m0/s1.